The molecule has 0 aliphatic rings. The third-order valence-electron chi connectivity index (χ3n) is 5.77. The zero-order valence-electron chi connectivity index (χ0n) is 19.7. The van der Waals surface area contributed by atoms with Crippen molar-refractivity contribution in [2.45, 2.75) is 26.9 Å². The van der Waals surface area contributed by atoms with Gasteiger partial charge in [-0.3, -0.25) is 0 Å². The van der Waals surface area contributed by atoms with Crippen LogP contribution in [-0.2, 0) is 4.74 Å². The Kier molecular flexibility index (Phi) is 7.18. The molecule has 176 valence electrons. The summed E-state index contributed by atoms with van der Waals surface area (Å²) in [5.74, 6) is 0.223. The molecule has 3 aromatic carbocycles. The topological polar surface area (TPSA) is 72.7 Å². The highest BCUT2D eigenvalue weighted by Crippen LogP contribution is 2.33. The first-order valence-corrected chi connectivity index (χ1v) is 11.5. The number of esters is 1. The zero-order valence-corrected chi connectivity index (χ0v) is 19.7. The summed E-state index contributed by atoms with van der Waals surface area (Å²) in [7, 11) is 0. The number of rotatable bonds is 9. The van der Waals surface area contributed by atoms with Crippen molar-refractivity contribution in [1.82, 2.24) is 4.57 Å². The summed E-state index contributed by atoms with van der Waals surface area (Å²) in [6.07, 6.45) is -0.696. The molecule has 1 unspecified atom stereocenters. The van der Waals surface area contributed by atoms with E-state index in [1.54, 1.807) is 6.92 Å². The average molecular weight is 459 g/mol. The highest BCUT2D eigenvalue weighted by molar-refractivity contribution is 6.07. The first-order chi connectivity index (χ1) is 16.5. The van der Waals surface area contributed by atoms with E-state index in [4.69, 9.17) is 9.47 Å². The van der Waals surface area contributed by atoms with E-state index in [9.17, 15) is 9.90 Å². The summed E-state index contributed by atoms with van der Waals surface area (Å²) in [5, 5.41) is 14.3. The summed E-state index contributed by atoms with van der Waals surface area (Å²) >= 11 is 0. The SMILES string of the molecule is CCOC(=O)c1c(C)n(-c2ccccc2C)c2ccc(OCC(O)CNc3ccccc3)cc12. The summed E-state index contributed by atoms with van der Waals surface area (Å²) < 4.78 is 13.3. The number of para-hydroxylation sites is 2. The minimum Gasteiger partial charge on any atom is -0.491 e. The molecule has 0 saturated heterocycles. The molecule has 34 heavy (non-hydrogen) atoms. The Morgan fingerprint density at radius 3 is 2.50 bits per heavy atom. The van der Waals surface area contributed by atoms with E-state index in [1.165, 1.54) is 0 Å². The number of ether oxygens (including phenoxy) is 2. The van der Waals surface area contributed by atoms with Gasteiger partial charge in [-0.2, -0.15) is 0 Å². The minimum atomic E-state index is -0.696. The van der Waals surface area contributed by atoms with Crippen molar-refractivity contribution in [1.29, 1.82) is 0 Å². The van der Waals surface area contributed by atoms with Crippen LogP contribution in [0.25, 0.3) is 16.6 Å². The lowest BCUT2D eigenvalue weighted by Gasteiger charge is -2.14. The Labute approximate surface area is 199 Å². The van der Waals surface area contributed by atoms with E-state index in [0.717, 1.165) is 33.5 Å². The molecule has 4 rings (SSSR count). The maximum absolute atomic E-state index is 12.9. The van der Waals surface area contributed by atoms with Crippen molar-refractivity contribution in [3.63, 3.8) is 0 Å². The molecule has 0 spiro atoms. The molecule has 0 bridgehead atoms. The van der Waals surface area contributed by atoms with Gasteiger partial charge in [0, 0.05) is 29.0 Å². The zero-order chi connectivity index (χ0) is 24.1. The number of aromatic nitrogens is 1. The fourth-order valence-corrected chi connectivity index (χ4v) is 4.12. The Morgan fingerprint density at radius 2 is 1.76 bits per heavy atom. The summed E-state index contributed by atoms with van der Waals surface area (Å²) in [5.41, 5.74) is 5.29. The second kappa shape index (κ2) is 10.4. The lowest BCUT2D eigenvalue weighted by molar-refractivity contribution is 0.0527. The van der Waals surface area contributed by atoms with Gasteiger partial charge in [-0.1, -0.05) is 36.4 Å². The van der Waals surface area contributed by atoms with E-state index >= 15 is 0 Å². The van der Waals surface area contributed by atoms with Crippen LogP contribution in [0, 0.1) is 13.8 Å². The lowest BCUT2D eigenvalue weighted by atomic mass is 10.1. The van der Waals surface area contributed by atoms with Gasteiger partial charge in [0.1, 0.15) is 18.5 Å². The van der Waals surface area contributed by atoms with Crippen molar-refractivity contribution in [3.8, 4) is 11.4 Å². The first-order valence-electron chi connectivity index (χ1n) is 11.5. The number of aliphatic hydroxyl groups excluding tert-OH is 1. The standard InChI is InChI=1S/C28H30N2O4/c1-4-33-28(32)27-20(3)30(25-13-9-8-10-19(25)2)26-15-14-23(16-24(26)27)34-18-22(31)17-29-21-11-6-5-7-12-21/h5-16,22,29,31H,4,17-18H2,1-3H3. The lowest BCUT2D eigenvalue weighted by Crippen LogP contribution is -2.26. The number of benzene rings is 3. The van der Waals surface area contributed by atoms with Gasteiger partial charge < -0.3 is 24.5 Å². The molecule has 0 radical (unpaired) electrons. The van der Waals surface area contributed by atoms with E-state index in [-0.39, 0.29) is 12.6 Å². The van der Waals surface area contributed by atoms with Crippen LogP contribution in [0.4, 0.5) is 5.69 Å². The number of hydrogen-bond acceptors (Lipinski definition) is 5. The fourth-order valence-electron chi connectivity index (χ4n) is 4.12. The van der Waals surface area contributed by atoms with Crippen LogP contribution in [-0.4, -0.2) is 41.5 Å². The molecule has 1 atom stereocenters. The molecule has 0 aliphatic heterocycles. The summed E-state index contributed by atoms with van der Waals surface area (Å²) in [4.78, 5) is 12.9. The number of carbonyl (C=O) groups is 1. The number of fused-ring (bicyclic) bond motifs is 1. The second-order valence-corrected chi connectivity index (χ2v) is 8.19. The van der Waals surface area contributed by atoms with E-state index in [1.807, 2.05) is 86.6 Å². The van der Waals surface area contributed by atoms with Crippen LogP contribution < -0.4 is 10.1 Å². The Hall–Kier alpha value is -3.77. The Balaban J connectivity index is 1.61. The Bertz CT molecular complexity index is 1280. The van der Waals surface area contributed by atoms with Crippen LogP contribution in [0.5, 0.6) is 5.75 Å². The van der Waals surface area contributed by atoms with Gasteiger partial charge in [0.25, 0.3) is 0 Å². The molecule has 1 heterocycles. The van der Waals surface area contributed by atoms with Crippen molar-refractivity contribution in [3.05, 3.63) is 89.6 Å². The van der Waals surface area contributed by atoms with Gasteiger partial charge in [-0.15, -0.1) is 0 Å². The number of nitrogens with one attached hydrogen (secondary N) is 1. The summed E-state index contributed by atoms with van der Waals surface area (Å²) in [6, 6.07) is 23.4. The van der Waals surface area contributed by atoms with Gasteiger partial charge in [-0.05, 0) is 62.7 Å². The smallest absolute Gasteiger partial charge is 0.340 e. The molecule has 6 nitrogen and oxygen atoms in total. The molecule has 6 heteroatoms. The molecule has 0 fully saturated rings. The number of aliphatic hydroxyl groups is 1. The number of nitrogens with zero attached hydrogens (tertiary/aromatic N) is 1. The van der Waals surface area contributed by atoms with Gasteiger partial charge in [-0.25, -0.2) is 4.79 Å². The van der Waals surface area contributed by atoms with Crippen LogP contribution in [0.15, 0.2) is 72.8 Å². The molecule has 2 N–H and O–H groups in total. The Morgan fingerprint density at radius 1 is 1.03 bits per heavy atom. The van der Waals surface area contributed by atoms with E-state index < -0.39 is 6.10 Å². The number of aryl methyl sites for hydroxylation is 1. The van der Waals surface area contributed by atoms with E-state index in [0.29, 0.717) is 24.5 Å². The molecule has 0 saturated carbocycles. The van der Waals surface area contributed by atoms with Gasteiger partial charge in [0.2, 0.25) is 0 Å². The molecular weight excluding hydrogens is 428 g/mol. The predicted molar refractivity (Wildman–Crippen MR) is 135 cm³/mol. The van der Waals surface area contributed by atoms with Crippen molar-refractivity contribution < 1.29 is 19.4 Å². The average Bonchev–Trinajstić information content (AvgIpc) is 3.13. The number of carbonyl (C=O) groups excluding carboxylic acids is 1. The maximum atomic E-state index is 12.9. The van der Waals surface area contributed by atoms with Crippen molar-refractivity contribution in [2.75, 3.05) is 25.1 Å². The molecule has 1 aromatic heterocycles. The normalized spacial score (nSPS) is 11.9. The first kappa shape index (κ1) is 23.4. The molecular formula is C28H30N2O4. The third kappa shape index (κ3) is 4.92. The molecule has 0 aliphatic carbocycles. The quantitative estimate of drug-likeness (QED) is 0.334. The minimum absolute atomic E-state index is 0.123. The van der Waals surface area contributed by atoms with Crippen LogP contribution in [0.2, 0.25) is 0 Å². The highest BCUT2D eigenvalue weighted by atomic mass is 16.5. The fraction of sp³-hybridized carbons (Fsp3) is 0.250. The van der Waals surface area contributed by atoms with E-state index in [2.05, 4.69) is 9.88 Å². The van der Waals surface area contributed by atoms with Crippen molar-refractivity contribution in [2.24, 2.45) is 0 Å². The van der Waals surface area contributed by atoms with Gasteiger partial charge in [0.05, 0.1) is 17.7 Å². The monoisotopic (exact) mass is 458 g/mol. The number of anilines is 1. The van der Waals surface area contributed by atoms with Crippen LogP contribution in [0.1, 0.15) is 28.5 Å². The molecule has 4 aromatic rings. The second-order valence-electron chi connectivity index (χ2n) is 8.19. The van der Waals surface area contributed by atoms with Crippen molar-refractivity contribution >= 4 is 22.6 Å². The third-order valence-corrected chi connectivity index (χ3v) is 5.77. The summed E-state index contributed by atoms with van der Waals surface area (Å²) in [6.45, 7) is 6.56. The van der Waals surface area contributed by atoms with Gasteiger partial charge >= 0.3 is 5.97 Å². The van der Waals surface area contributed by atoms with Crippen LogP contribution >= 0.6 is 0 Å². The van der Waals surface area contributed by atoms with Crippen LogP contribution in [0.3, 0.4) is 0 Å². The largest absolute Gasteiger partial charge is 0.491 e. The predicted octanol–water partition coefficient (Wildman–Crippen LogP) is 5.28. The molecule has 0 amide bonds. The maximum Gasteiger partial charge on any atom is 0.340 e. The highest BCUT2D eigenvalue weighted by Gasteiger charge is 2.23. The number of hydrogen-bond donors (Lipinski definition) is 2. The van der Waals surface area contributed by atoms with Gasteiger partial charge in [0.15, 0.2) is 0 Å².